The first kappa shape index (κ1) is 16.4. The van der Waals surface area contributed by atoms with Crippen molar-refractivity contribution >= 4 is 33.0 Å². The van der Waals surface area contributed by atoms with Crippen molar-refractivity contribution in [1.29, 1.82) is 0 Å². The number of hydrogen-bond donors (Lipinski definition) is 0. The zero-order chi connectivity index (χ0) is 16.9. The summed E-state index contributed by atoms with van der Waals surface area (Å²) in [5.41, 5.74) is 0.469. The molecule has 0 saturated heterocycles. The van der Waals surface area contributed by atoms with E-state index in [4.69, 9.17) is 14.2 Å². The summed E-state index contributed by atoms with van der Waals surface area (Å²) < 4.78 is 17.1. The molecule has 24 heavy (non-hydrogen) atoms. The molecule has 2 aromatic carbocycles. The average molecular weight is 388 g/mol. The SMILES string of the molecule is COCOc1cc(Br)c(C=O)cc1Oc1cccc2cnccc12. The van der Waals surface area contributed by atoms with Crippen molar-refractivity contribution in [1.82, 2.24) is 4.98 Å². The van der Waals surface area contributed by atoms with Crippen LogP contribution in [0.2, 0.25) is 0 Å². The van der Waals surface area contributed by atoms with Crippen molar-refractivity contribution in [2.24, 2.45) is 0 Å². The first-order valence-corrected chi connectivity index (χ1v) is 7.93. The number of ether oxygens (including phenoxy) is 3. The highest BCUT2D eigenvalue weighted by molar-refractivity contribution is 9.10. The number of aldehydes is 1. The lowest BCUT2D eigenvalue weighted by molar-refractivity contribution is 0.0495. The van der Waals surface area contributed by atoms with Crippen molar-refractivity contribution in [3.05, 3.63) is 58.8 Å². The van der Waals surface area contributed by atoms with E-state index in [2.05, 4.69) is 20.9 Å². The van der Waals surface area contributed by atoms with Gasteiger partial charge in [0.05, 0.1) is 0 Å². The third-order valence-electron chi connectivity index (χ3n) is 3.38. The minimum absolute atomic E-state index is 0.0721. The molecule has 122 valence electrons. The van der Waals surface area contributed by atoms with Crippen molar-refractivity contribution in [2.45, 2.75) is 0 Å². The van der Waals surface area contributed by atoms with Crippen LogP contribution in [0, 0.1) is 0 Å². The van der Waals surface area contributed by atoms with E-state index in [1.54, 1.807) is 24.5 Å². The Morgan fingerprint density at radius 3 is 2.83 bits per heavy atom. The van der Waals surface area contributed by atoms with Crippen LogP contribution in [-0.2, 0) is 4.74 Å². The van der Waals surface area contributed by atoms with Crippen LogP contribution in [0.5, 0.6) is 17.2 Å². The molecule has 0 fully saturated rings. The van der Waals surface area contributed by atoms with Crippen molar-refractivity contribution in [3.63, 3.8) is 0 Å². The Kier molecular flexibility index (Phi) is 5.08. The molecule has 0 atom stereocenters. The number of benzene rings is 2. The molecule has 1 heterocycles. The molecule has 0 amide bonds. The van der Waals surface area contributed by atoms with Gasteiger partial charge in [-0.05, 0) is 40.2 Å². The molecule has 0 saturated carbocycles. The van der Waals surface area contributed by atoms with Gasteiger partial charge in [-0.3, -0.25) is 9.78 Å². The molecule has 0 aliphatic rings. The summed E-state index contributed by atoms with van der Waals surface area (Å²) >= 11 is 3.34. The van der Waals surface area contributed by atoms with Crippen molar-refractivity contribution in [3.8, 4) is 17.2 Å². The minimum Gasteiger partial charge on any atom is -0.464 e. The summed E-state index contributed by atoms with van der Waals surface area (Å²) in [4.78, 5) is 15.3. The Balaban J connectivity index is 2.05. The molecular formula is C18H14BrNO4. The van der Waals surface area contributed by atoms with Gasteiger partial charge in [0.25, 0.3) is 0 Å². The molecule has 0 N–H and O–H groups in total. The van der Waals surface area contributed by atoms with Gasteiger partial charge >= 0.3 is 0 Å². The third kappa shape index (κ3) is 3.39. The van der Waals surface area contributed by atoms with Crippen LogP contribution in [0.25, 0.3) is 10.8 Å². The van der Waals surface area contributed by atoms with E-state index in [1.807, 2.05) is 24.3 Å². The molecule has 3 aromatic rings. The van der Waals surface area contributed by atoms with Gasteiger partial charge < -0.3 is 14.2 Å². The first-order chi connectivity index (χ1) is 11.7. The van der Waals surface area contributed by atoms with Gasteiger partial charge in [-0.15, -0.1) is 0 Å². The van der Waals surface area contributed by atoms with Gasteiger partial charge in [0.2, 0.25) is 0 Å². The maximum Gasteiger partial charge on any atom is 0.188 e. The lowest BCUT2D eigenvalue weighted by Gasteiger charge is -2.14. The number of rotatable bonds is 6. The zero-order valence-electron chi connectivity index (χ0n) is 12.9. The van der Waals surface area contributed by atoms with Crippen molar-refractivity contribution in [2.75, 3.05) is 13.9 Å². The first-order valence-electron chi connectivity index (χ1n) is 7.14. The fourth-order valence-electron chi connectivity index (χ4n) is 2.26. The maximum absolute atomic E-state index is 11.2. The molecule has 0 radical (unpaired) electrons. The Labute approximate surface area is 147 Å². The lowest BCUT2D eigenvalue weighted by Crippen LogP contribution is -2.01. The van der Waals surface area contributed by atoms with Gasteiger partial charge in [-0.25, -0.2) is 0 Å². The van der Waals surface area contributed by atoms with Crippen molar-refractivity contribution < 1.29 is 19.0 Å². The molecule has 5 nitrogen and oxygen atoms in total. The van der Waals surface area contributed by atoms with E-state index in [0.717, 1.165) is 17.1 Å². The van der Waals surface area contributed by atoms with E-state index in [1.165, 1.54) is 7.11 Å². The van der Waals surface area contributed by atoms with Crippen LogP contribution < -0.4 is 9.47 Å². The largest absolute Gasteiger partial charge is 0.464 e. The van der Waals surface area contributed by atoms with E-state index in [0.29, 0.717) is 27.3 Å². The van der Waals surface area contributed by atoms with Crippen LogP contribution in [0.15, 0.2) is 53.3 Å². The summed E-state index contributed by atoms with van der Waals surface area (Å²) in [6, 6.07) is 10.9. The molecule has 0 unspecified atom stereocenters. The number of nitrogens with zero attached hydrogens (tertiary/aromatic N) is 1. The topological polar surface area (TPSA) is 57.7 Å². The number of aromatic nitrogens is 1. The number of carbonyl (C=O) groups is 1. The highest BCUT2D eigenvalue weighted by Gasteiger charge is 2.13. The second-order valence-electron chi connectivity index (χ2n) is 4.94. The summed E-state index contributed by atoms with van der Waals surface area (Å²) in [6.07, 6.45) is 4.23. The standard InChI is InChI=1S/C18H14BrNO4/c1-22-11-23-17-8-15(19)13(10-21)7-18(17)24-16-4-2-3-12-9-20-6-5-14(12)16/h2-10H,11H2,1H3. The fourth-order valence-corrected chi connectivity index (χ4v) is 2.67. The van der Waals surface area contributed by atoms with Gasteiger partial charge in [0.1, 0.15) is 5.75 Å². The smallest absolute Gasteiger partial charge is 0.188 e. The van der Waals surface area contributed by atoms with Crippen LogP contribution in [0.3, 0.4) is 0 Å². The molecule has 0 bridgehead atoms. The molecule has 6 heteroatoms. The Morgan fingerprint density at radius 2 is 2.04 bits per heavy atom. The van der Waals surface area contributed by atoms with Gasteiger partial charge in [0, 0.05) is 40.3 Å². The quantitative estimate of drug-likeness (QED) is 0.457. The summed E-state index contributed by atoms with van der Waals surface area (Å²) in [5, 5.41) is 1.88. The highest BCUT2D eigenvalue weighted by atomic mass is 79.9. The Hall–Kier alpha value is -2.44. The zero-order valence-corrected chi connectivity index (χ0v) is 14.4. The monoisotopic (exact) mass is 387 g/mol. The number of hydrogen-bond acceptors (Lipinski definition) is 5. The van der Waals surface area contributed by atoms with E-state index in [9.17, 15) is 4.79 Å². The number of carbonyl (C=O) groups excluding carboxylic acids is 1. The number of fused-ring (bicyclic) bond motifs is 1. The maximum atomic E-state index is 11.2. The summed E-state index contributed by atoms with van der Waals surface area (Å²) in [5.74, 6) is 1.55. The van der Waals surface area contributed by atoms with Crippen LogP contribution in [0.1, 0.15) is 10.4 Å². The van der Waals surface area contributed by atoms with Gasteiger partial charge in [0.15, 0.2) is 24.6 Å². The summed E-state index contributed by atoms with van der Waals surface area (Å²) in [7, 11) is 1.53. The third-order valence-corrected chi connectivity index (χ3v) is 4.07. The van der Waals surface area contributed by atoms with Crippen LogP contribution in [0.4, 0.5) is 0 Å². The molecule has 0 aliphatic carbocycles. The van der Waals surface area contributed by atoms with Gasteiger partial charge in [-0.2, -0.15) is 0 Å². The van der Waals surface area contributed by atoms with E-state index in [-0.39, 0.29) is 6.79 Å². The summed E-state index contributed by atoms with van der Waals surface area (Å²) in [6.45, 7) is 0.0721. The van der Waals surface area contributed by atoms with Crippen LogP contribution in [-0.4, -0.2) is 25.2 Å². The average Bonchev–Trinajstić information content (AvgIpc) is 2.61. The normalized spacial score (nSPS) is 10.6. The molecule has 0 spiro atoms. The molecule has 3 rings (SSSR count). The number of halogens is 1. The predicted octanol–water partition coefficient (Wildman–Crippen LogP) is 4.58. The molecule has 1 aromatic heterocycles. The second kappa shape index (κ2) is 7.42. The highest BCUT2D eigenvalue weighted by Crippen LogP contribution is 2.38. The fraction of sp³-hybridized carbons (Fsp3) is 0.111. The molecule has 0 aliphatic heterocycles. The Bertz CT molecular complexity index is 877. The predicted molar refractivity (Wildman–Crippen MR) is 93.9 cm³/mol. The van der Waals surface area contributed by atoms with Crippen LogP contribution >= 0.6 is 15.9 Å². The molecular weight excluding hydrogens is 374 g/mol. The lowest BCUT2D eigenvalue weighted by atomic mass is 10.1. The second-order valence-corrected chi connectivity index (χ2v) is 5.80. The van der Waals surface area contributed by atoms with E-state index < -0.39 is 0 Å². The minimum atomic E-state index is 0.0721. The Morgan fingerprint density at radius 1 is 1.17 bits per heavy atom. The number of methoxy groups -OCH3 is 1. The number of pyridine rings is 1. The van der Waals surface area contributed by atoms with Gasteiger partial charge in [-0.1, -0.05) is 12.1 Å². The van der Waals surface area contributed by atoms with E-state index >= 15 is 0 Å².